The predicted octanol–water partition coefficient (Wildman–Crippen LogP) is 3.85. The van der Waals surface area contributed by atoms with E-state index in [1.165, 1.54) is 5.69 Å². The molecular weight excluding hydrogens is 316 g/mol. The Balaban J connectivity index is 2.12. The van der Waals surface area contributed by atoms with Gasteiger partial charge in [0.1, 0.15) is 0 Å². The van der Waals surface area contributed by atoms with Gasteiger partial charge in [0, 0.05) is 30.2 Å². The third kappa shape index (κ3) is 2.20. The van der Waals surface area contributed by atoms with Crippen molar-refractivity contribution in [3.8, 4) is 0 Å². The van der Waals surface area contributed by atoms with Crippen LogP contribution in [0.1, 0.15) is 10.4 Å². The van der Waals surface area contributed by atoms with Gasteiger partial charge in [0.05, 0.1) is 17.1 Å². The van der Waals surface area contributed by atoms with Crippen molar-refractivity contribution in [3.63, 3.8) is 0 Å². The minimum absolute atomic E-state index is 0.707. The van der Waals surface area contributed by atoms with E-state index >= 15 is 0 Å². The average Bonchev–Trinajstić information content (AvgIpc) is 2.48. The molecule has 4 heteroatoms. The number of fused-ring (bicyclic) bond motifs is 1. The van der Waals surface area contributed by atoms with Gasteiger partial charge in [0.25, 0.3) is 0 Å². The Kier molecular flexibility index (Phi) is 3.49. The molecule has 20 heavy (non-hydrogen) atoms. The van der Waals surface area contributed by atoms with Crippen molar-refractivity contribution in [2.24, 2.45) is 0 Å². The summed E-state index contributed by atoms with van der Waals surface area (Å²) in [5, 5.41) is 0. The largest absolute Gasteiger partial charge is 0.371 e. The van der Waals surface area contributed by atoms with Crippen LogP contribution in [0, 0.1) is 0 Å². The van der Waals surface area contributed by atoms with E-state index in [1.54, 1.807) is 0 Å². The quantitative estimate of drug-likeness (QED) is 0.781. The fourth-order valence-electron chi connectivity index (χ4n) is 2.62. The summed E-state index contributed by atoms with van der Waals surface area (Å²) in [4.78, 5) is 15.8. The second-order valence-electron chi connectivity index (χ2n) is 4.88. The second-order valence-corrected chi connectivity index (χ2v) is 5.80. The first-order valence-electron chi connectivity index (χ1n) is 6.53. The topological polar surface area (TPSA) is 23.6 Å². The van der Waals surface area contributed by atoms with Crippen LogP contribution < -0.4 is 9.80 Å². The number of hydrogen-bond acceptors (Lipinski definition) is 3. The Morgan fingerprint density at radius 3 is 2.55 bits per heavy atom. The maximum Gasteiger partial charge on any atom is 0.152 e. The molecule has 0 aliphatic carbocycles. The predicted molar refractivity (Wildman–Crippen MR) is 86.2 cm³/mol. The summed E-state index contributed by atoms with van der Waals surface area (Å²) in [7, 11) is 2.10. The number of halogens is 1. The van der Waals surface area contributed by atoms with Gasteiger partial charge in [0.15, 0.2) is 6.29 Å². The van der Waals surface area contributed by atoms with Crippen molar-refractivity contribution in [1.82, 2.24) is 0 Å². The number of anilines is 3. The number of benzene rings is 2. The molecule has 1 heterocycles. The maximum atomic E-state index is 11.3. The van der Waals surface area contributed by atoms with Gasteiger partial charge in [-0.1, -0.05) is 28.1 Å². The summed E-state index contributed by atoms with van der Waals surface area (Å²) in [5.74, 6) is 0. The molecule has 2 aromatic rings. The number of likely N-dealkylation sites (N-methyl/N-ethyl adjacent to an activating group) is 1. The van der Waals surface area contributed by atoms with Gasteiger partial charge in [-0.3, -0.25) is 4.79 Å². The maximum absolute atomic E-state index is 11.3. The zero-order valence-corrected chi connectivity index (χ0v) is 12.8. The van der Waals surface area contributed by atoms with Gasteiger partial charge in [-0.15, -0.1) is 0 Å². The zero-order chi connectivity index (χ0) is 14.1. The van der Waals surface area contributed by atoms with Crippen LogP contribution in [0.15, 0.2) is 46.9 Å². The van der Waals surface area contributed by atoms with Crippen LogP contribution in [-0.4, -0.2) is 26.4 Å². The Bertz CT molecular complexity index is 657. The fraction of sp³-hybridized carbons (Fsp3) is 0.188. The van der Waals surface area contributed by atoms with Crippen LogP contribution in [0.3, 0.4) is 0 Å². The summed E-state index contributed by atoms with van der Waals surface area (Å²) in [5.41, 5.74) is 4.01. The van der Waals surface area contributed by atoms with E-state index in [9.17, 15) is 4.79 Å². The number of hydrogen-bond donors (Lipinski definition) is 0. The van der Waals surface area contributed by atoms with E-state index in [1.807, 2.05) is 30.3 Å². The van der Waals surface area contributed by atoms with E-state index in [0.717, 1.165) is 35.2 Å². The lowest BCUT2D eigenvalue weighted by atomic mass is 10.1. The first-order valence-corrected chi connectivity index (χ1v) is 7.32. The molecule has 0 saturated heterocycles. The number of para-hydroxylation sites is 2. The highest BCUT2D eigenvalue weighted by Crippen LogP contribution is 2.38. The van der Waals surface area contributed by atoms with Crippen molar-refractivity contribution >= 4 is 39.3 Å². The molecule has 3 rings (SSSR count). The Morgan fingerprint density at radius 1 is 1.05 bits per heavy atom. The molecule has 0 bridgehead atoms. The van der Waals surface area contributed by atoms with E-state index in [-0.39, 0.29) is 0 Å². The number of aldehydes is 1. The molecule has 0 fully saturated rings. The summed E-state index contributed by atoms with van der Waals surface area (Å²) in [6.07, 6.45) is 0.918. The Labute approximate surface area is 126 Å². The number of carbonyl (C=O) groups excluding carboxylic acids is 1. The normalized spacial score (nSPS) is 14.1. The zero-order valence-electron chi connectivity index (χ0n) is 11.2. The molecule has 0 saturated carbocycles. The first-order chi connectivity index (χ1) is 9.70. The van der Waals surface area contributed by atoms with Gasteiger partial charge in [-0.05, 0) is 30.3 Å². The Hall–Kier alpha value is -1.81. The molecule has 1 aliphatic heterocycles. The summed E-state index contributed by atoms with van der Waals surface area (Å²) in [6, 6.07) is 14.1. The van der Waals surface area contributed by atoms with Crippen LogP contribution >= 0.6 is 15.9 Å². The fourth-order valence-corrected chi connectivity index (χ4v) is 3.00. The van der Waals surface area contributed by atoms with Crippen LogP contribution in [0.2, 0.25) is 0 Å². The van der Waals surface area contributed by atoms with Gasteiger partial charge < -0.3 is 9.80 Å². The van der Waals surface area contributed by atoms with Gasteiger partial charge in [-0.25, -0.2) is 0 Å². The molecule has 0 aromatic heterocycles. The molecule has 2 aromatic carbocycles. The van der Waals surface area contributed by atoms with Crippen molar-refractivity contribution < 1.29 is 4.79 Å². The third-order valence-electron chi connectivity index (χ3n) is 3.65. The molecule has 1 aliphatic rings. The molecule has 0 spiro atoms. The molecule has 0 unspecified atom stereocenters. The molecule has 0 atom stereocenters. The monoisotopic (exact) mass is 330 g/mol. The lowest BCUT2D eigenvalue weighted by molar-refractivity contribution is 0.112. The summed E-state index contributed by atoms with van der Waals surface area (Å²) in [6.45, 7) is 1.81. The second kappa shape index (κ2) is 5.29. The van der Waals surface area contributed by atoms with E-state index < -0.39 is 0 Å². The van der Waals surface area contributed by atoms with E-state index in [4.69, 9.17) is 0 Å². The summed E-state index contributed by atoms with van der Waals surface area (Å²) >= 11 is 3.42. The van der Waals surface area contributed by atoms with Gasteiger partial charge in [-0.2, -0.15) is 0 Å². The highest BCUT2D eigenvalue weighted by molar-refractivity contribution is 9.10. The molecule has 3 nitrogen and oxygen atoms in total. The van der Waals surface area contributed by atoms with Crippen molar-refractivity contribution in [2.45, 2.75) is 0 Å². The van der Waals surface area contributed by atoms with Gasteiger partial charge in [0.2, 0.25) is 0 Å². The highest BCUT2D eigenvalue weighted by Gasteiger charge is 2.22. The van der Waals surface area contributed by atoms with Gasteiger partial charge >= 0.3 is 0 Å². The van der Waals surface area contributed by atoms with Crippen molar-refractivity contribution in [1.29, 1.82) is 0 Å². The molecule has 0 radical (unpaired) electrons. The van der Waals surface area contributed by atoms with E-state index in [0.29, 0.717) is 5.56 Å². The third-order valence-corrected chi connectivity index (χ3v) is 4.14. The highest BCUT2D eigenvalue weighted by atomic mass is 79.9. The lowest BCUT2D eigenvalue weighted by Gasteiger charge is -2.37. The Morgan fingerprint density at radius 2 is 1.80 bits per heavy atom. The number of nitrogens with zero attached hydrogens (tertiary/aromatic N) is 2. The van der Waals surface area contributed by atoms with Crippen LogP contribution in [0.25, 0.3) is 0 Å². The first kappa shape index (κ1) is 13.2. The summed E-state index contributed by atoms with van der Waals surface area (Å²) < 4.78 is 0.922. The van der Waals surface area contributed by atoms with Crippen LogP contribution in [-0.2, 0) is 0 Å². The SMILES string of the molecule is CN1CCN(c2ccc(Br)cc2C=O)c2ccccc21. The van der Waals surface area contributed by atoms with Crippen LogP contribution in [0.5, 0.6) is 0 Å². The number of carbonyl (C=O) groups is 1. The van der Waals surface area contributed by atoms with Crippen molar-refractivity contribution in [3.05, 3.63) is 52.5 Å². The lowest BCUT2D eigenvalue weighted by Crippen LogP contribution is -2.36. The minimum Gasteiger partial charge on any atom is -0.371 e. The standard InChI is InChI=1S/C16H15BrN2O/c1-18-8-9-19(16-5-3-2-4-15(16)18)14-7-6-13(17)10-12(14)11-20/h2-7,10-11H,8-9H2,1H3. The smallest absolute Gasteiger partial charge is 0.152 e. The molecule has 102 valence electrons. The van der Waals surface area contributed by atoms with Crippen LogP contribution in [0.4, 0.5) is 17.1 Å². The molecular formula is C16H15BrN2O. The average molecular weight is 331 g/mol. The number of rotatable bonds is 2. The van der Waals surface area contributed by atoms with E-state index in [2.05, 4.69) is 44.9 Å². The molecule has 0 amide bonds. The van der Waals surface area contributed by atoms with Crippen molar-refractivity contribution in [2.75, 3.05) is 29.9 Å². The minimum atomic E-state index is 0.707. The molecule has 0 N–H and O–H groups in total.